The molecule has 0 bridgehead atoms. The Morgan fingerprint density at radius 2 is 1.74 bits per heavy atom. The molecule has 0 amide bonds. The van der Waals surface area contributed by atoms with Gasteiger partial charge >= 0.3 is 11.9 Å². The van der Waals surface area contributed by atoms with Crippen molar-refractivity contribution in [2.24, 2.45) is 0 Å². The summed E-state index contributed by atoms with van der Waals surface area (Å²) in [6.07, 6.45) is -1.59. The maximum atomic E-state index is 11.3. The van der Waals surface area contributed by atoms with Crippen LogP contribution in [0.4, 0.5) is 0 Å². The summed E-state index contributed by atoms with van der Waals surface area (Å²) in [5, 5.41) is 17.3. The molecule has 0 aromatic heterocycles. The minimum absolute atomic E-state index is 0.0104. The fraction of sp³-hybridized carbons (Fsp3) is 0.818. The Morgan fingerprint density at radius 3 is 2.21 bits per heavy atom. The average Bonchev–Trinajstić information content (AvgIpc) is 2.38. The number of hydrogen-bond acceptors (Lipinski definition) is 7. The Hall–Kier alpha value is -1.22. The van der Waals surface area contributed by atoms with Crippen LogP contribution in [-0.2, 0) is 28.5 Å². The first-order valence-corrected chi connectivity index (χ1v) is 5.72. The van der Waals surface area contributed by atoms with Crippen molar-refractivity contribution in [2.45, 2.75) is 31.8 Å². The van der Waals surface area contributed by atoms with Crippen LogP contribution in [0.25, 0.3) is 0 Å². The first kappa shape index (κ1) is 17.8. The molecule has 2 N–H and O–H groups in total. The summed E-state index contributed by atoms with van der Waals surface area (Å²) in [5.41, 5.74) is 0. The number of carboxylic acid groups (broad SMARTS) is 1. The molecular weight excluding hydrogens is 260 g/mol. The first-order chi connectivity index (χ1) is 9.03. The van der Waals surface area contributed by atoms with Crippen molar-refractivity contribution in [1.29, 1.82) is 0 Å². The van der Waals surface area contributed by atoms with E-state index in [1.807, 2.05) is 0 Å². The van der Waals surface area contributed by atoms with Crippen LogP contribution in [0.2, 0.25) is 0 Å². The van der Waals surface area contributed by atoms with Gasteiger partial charge in [-0.1, -0.05) is 0 Å². The summed E-state index contributed by atoms with van der Waals surface area (Å²) < 4.78 is 19.6. The molecule has 0 rings (SSSR count). The van der Waals surface area contributed by atoms with Gasteiger partial charge in [0.25, 0.3) is 0 Å². The number of carbonyl (C=O) groups excluding carboxylic acids is 1. The quantitative estimate of drug-likeness (QED) is 0.393. The Balaban J connectivity index is 3.86. The average molecular weight is 280 g/mol. The molecule has 2 unspecified atom stereocenters. The lowest BCUT2D eigenvalue weighted by Gasteiger charge is -2.21. The summed E-state index contributed by atoms with van der Waals surface area (Å²) in [5.74, 6) is -1.50. The van der Waals surface area contributed by atoms with Gasteiger partial charge in [0.2, 0.25) is 0 Å². The first-order valence-electron chi connectivity index (χ1n) is 5.72. The van der Waals surface area contributed by atoms with Crippen LogP contribution < -0.4 is 0 Å². The molecule has 0 aliphatic carbocycles. The van der Waals surface area contributed by atoms with Gasteiger partial charge in [-0.15, -0.1) is 0 Å². The number of esters is 1. The number of rotatable bonds is 11. The van der Waals surface area contributed by atoms with Crippen molar-refractivity contribution in [3.05, 3.63) is 0 Å². The predicted octanol–water partition coefficient (Wildman–Crippen LogP) is -0.262. The van der Waals surface area contributed by atoms with Crippen molar-refractivity contribution >= 4 is 11.9 Å². The SMILES string of the molecule is COC(CO)OC(COC(=O)CCCC(=O)O)OC. The van der Waals surface area contributed by atoms with Gasteiger partial charge in [0.1, 0.15) is 6.61 Å². The number of methoxy groups -OCH3 is 2. The molecule has 0 saturated heterocycles. The Kier molecular flexibility index (Phi) is 9.99. The maximum Gasteiger partial charge on any atom is 0.305 e. The van der Waals surface area contributed by atoms with Gasteiger partial charge in [0, 0.05) is 27.1 Å². The second-order valence-corrected chi connectivity index (χ2v) is 3.58. The highest BCUT2D eigenvalue weighted by Gasteiger charge is 2.17. The van der Waals surface area contributed by atoms with E-state index in [0.717, 1.165) is 0 Å². The largest absolute Gasteiger partial charge is 0.481 e. The zero-order chi connectivity index (χ0) is 14.7. The third-order valence-electron chi connectivity index (χ3n) is 2.13. The van der Waals surface area contributed by atoms with Gasteiger partial charge in [-0.25, -0.2) is 0 Å². The number of ether oxygens (including phenoxy) is 4. The molecule has 0 aromatic carbocycles. The van der Waals surface area contributed by atoms with Crippen LogP contribution >= 0.6 is 0 Å². The molecule has 0 aliphatic heterocycles. The zero-order valence-electron chi connectivity index (χ0n) is 11.0. The fourth-order valence-electron chi connectivity index (χ4n) is 1.12. The van der Waals surface area contributed by atoms with Gasteiger partial charge in [0.15, 0.2) is 12.6 Å². The number of aliphatic hydroxyl groups is 1. The summed E-state index contributed by atoms with van der Waals surface area (Å²) in [4.78, 5) is 21.5. The van der Waals surface area contributed by atoms with Crippen molar-refractivity contribution < 1.29 is 38.7 Å². The predicted molar refractivity (Wildman–Crippen MR) is 62.2 cm³/mol. The van der Waals surface area contributed by atoms with Crippen molar-refractivity contribution in [3.8, 4) is 0 Å². The van der Waals surface area contributed by atoms with Gasteiger partial charge < -0.3 is 29.2 Å². The van der Waals surface area contributed by atoms with E-state index in [2.05, 4.69) is 0 Å². The third-order valence-corrected chi connectivity index (χ3v) is 2.13. The van der Waals surface area contributed by atoms with E-state index in [-0.39, 0.29) is 32.5 Å². The van der Waals surface area contributed by atoms with Crippen molar-refractivity contribution in [2.75, 3.05) is 27.4 Å². The standard InChI is InChI=1S/C11H20O8/c1-16-10(6-12)19-11(17-2)7-18-9(15)5-3-4-8(13)14/h10-12H,3-7H2,1-2H3,(H,13,14). The van der Waals surface area contributed by atoms with Crippen LogP contribution in [0.1, 0.15) is 19.3 Å². The lowest BCUT2D eigenvalue weighted by Crippen LogP contribution is -2.32. The Bertz CT molecular complexity index is 263. The monoisotopic (exact) mass is 280 g/mol. The smallest absolute Gasteiger partial charge is 0.305 e. The number of carboxylic acids is 1. The fourth-order valence-corrected chi connectivity index (χ4v) is 1.12. The van der Waals surface area contributed by atoms with Gasteiger partial charge in [-0.2, -0.15) is 0 Å². The van der Waals surface area contributed by atoms with Crippen LogP contribution in [0.15, 0.2) is 0 Å². The highest BCUT2D eigenvalue weighted by Crippen LogP contribution is 2.03. The summed E-state index contributed by atoms with van der Waals surface area (Å²) in [6.45, 7) is -0.523. The third kappa shape index (κ3) is 9.37. The number of aliphatic hydroxyl groups excluding tert-OH is 1. The second-order valence-electron chi connectivity index (χ2n) is 3.58. The summed E-state index contributed by atoms with van der Waals surface area (Å²) >= 11 is 0. The lowest BCUT2D eigenvalue weighted by molar-refractivity contribution is -0.251. The van der Waals surface area contributed by atoms with Crippen LogP contribution in [-0.4, -0.2) is 62.2 Å². The van der Waals surface area contributed by atoms with Gasteiger partial charge in [0.05, 0.1) is 6.61 Å². The molecule has 0 saturated carbocycles. The molecule has 19 heavy (non-hydrogen) atoms. The van der Waals surface area contributed by atoms with Crippen LogP contribution in [0.3, 0.4) is 0 Å². The molecule has 2 atom stereocenters. The minimum Gasteiger partial charge on any atom is -0.481 e. The molecule has 112 valence electrons. The number of hydrogen-bond donors (Lipinski definition) is 2. The molecular formula is C11H20O8. The zero-order valence-corrected chi connectivity index (χ0v) is 11.0. The molecule has 8 heteroatoms. The minimum atomic E-state index is -0.961. The number of aliphatic carboxylic acids is 1. The lowest BCUT2D eigenvalue weighted by atomic mass is 10.2. The van der Waals surface area contributed by atoms with E-state index < -0.39 is 24.5 Å². The molecule has 0 spiro atoms. The summed E-state index contributed by atoms with van der Waals surface area (Å²) in [6, 6.07) is 0. The van der Waals surface area contributed by atoms with E-state index in [1.165, 1.54) is 14.2 Å². The molecule has 0 radical (unpaired) electrons. The van der Waals surface area contributed by atoms with E-state index >= 15 is 0 Å². The van der Waals surface area contributed by atoms with E-state index in [0.29, 0.717) is 0 Å². The van der Waals surface area contributed by atoms with E-state index in [9.17, 15) is 9.59 Å². The number of carbonyl (C=O) groups is 2. The highest BCUT2D eigenvalue weighted by molar-refractivity contribution is 5.71. The van der Waals surface area contributed by atoms with Crippen molar-refractivity contribution in [3.63, 3.8) is 0 Å². The maximum absolute atomic E-state index is 11.3. The van der Waals surface area contributed by atoms with Crippen LogP contribution in [0.5, 0.6) is 0 Å². The molecule has 0 aliphatic rings. The van der Waals surface area contributed by atoms with E-state index in [4.69, 9.17) is 29.2 Å². The van der Waals surface area contributed by atoms with Crippen molar-refractivity contribution in [1.82, 2.24) is 0 Å². The van der Waals surface area contributed by atoms with E-state index in [1.54, 1.807) is 0 Å². The molecule has 0 aromatic rings. The summed E-state index contributed by atoms with van der Waals surface area (Å²) in [7, 11) is 2.71. The van der Waals surface area contributed by atoms with Gasteiger partial charge in [-0.3, -0.25) is 9.59 Å². The topological polar surface area (TPSA) is 112 Å². The molecule has 0 heterocycles. The van der Waals surface area contributed by atoms with Crippen LogP contribution in [0, 0.1) is 0 Å². The molecule has 8 nitrogen and oxygen atoms in total. The second kappa shape index (κ2) is 10.7. The van der Waals surface area contributed by atoms with Gasteiger partial charge in [-0.05, 0) is 6.42 Å². The highest BCUT2D eigenvalue weighted by atomic mass is 16.8. The Labute approximate surface area is 111 Å². The molecule has 0 fully saturated rings. The normalized spacial score (nSPS) is 13.8. The Morgan fingerprint density at radius 1 is 1.11 bits per heavy atom.